The molecule has 2 amide bonds. The van der Waals surface area contributed by atoms with Crippen LogP contribution in [0.15, 0.2) is 0 Å². The molecule has 18 heavy (non-hydrogen) atoms. The molecule has 0 aromatic carbocycles. The second-order valence-electron chi connectivity index (χ2n) is 3.62. The number of carbonyl (C=O) groups is 2. The summed E-state index contributed by atoms with van der Waals surface area (Å²) < 4.78 is 16.3. The zero-order chi connectivity index (χ0) is 14.1. The third-order valence-corrected chi connectivity index (χ3v) is 2.36. The highest BCUT2D eigenvalue weighted by atomic mass is 19.1. The molecule has 104 valence electrons. The molecule has 7 nitrogen and oxygen atoms in total. The maximum Gasteiger partial charge on any atom is 0.552 e. The number of nitrogens with zero attached hydrogens (tertiary/aromatic N) is 1. The molecule has 0 unspecified atom stereocenters. The Morgan fingerprint density at radius 2 is 2.22 bits per heavy atom. The Hall–Kier alpha value is -1.19. The molecule has 4 N–H and O–H groups in total. The Balaban J connectivity index is 4.11. The number of nitrogens with one attached hydrogen (secondary N) is 1. The van der Waals surface area contributed by atoms with Crippen LogP contribution in [-0.2, 0) is 14.2 Å². The van der Waals surface area contributed by atoms with Gasteiger partial charge in [0.15, 0.2) is 0 Å². The van der Waals surface area contributed by atoms with Crippen molar-refractivity contribution in [2.24, 2.45) is 5.73 Å². The summed E-state index contributed by atoms with van der Waals surface area (Å²) >= 11 is 0. The number of rotatable bonds is 9. The fourth-order valence-electron chi connectivity index (χ4n) is 1.35. The molecule has 0 bridgehead atoms. The standard InChI is InChI=1S/C9H19BFN3O4/c1-3-7(9(12)16)14(2)8(15)6-13-10(17)18-5-4-11/h7,13,17H,3-6H2,1-2H3,(H2,12,16)/t7-/m0/s1. The third-order valence-electron chi connectivity index (χ3n) is 2.36. The first-order chi connectivity index (χ1) is 8.43. The molecule has 0 aromatic rings. The highest BCUT2D eigenvalue weighted by molar-refractivity contribution is 6.39. The Labute approximate surface area is 106 Å². The van der Waals surface area contributed by atoms with E-state index in [1.54, 1.807) is 6.92 Å². The number of hydrogen-bond donors (Lipinski definition) is 3. The first-order valence-electron chi connectivity index (χ1n) is 5.58. The lowest BCUT2D eigenvalue weighted by molar-refractivity contribution is -0.137. The monoisotopic (exact) mass is 263 g/mol. The quantitative estimate of drug-likeness (QED) is 0.428. The molecular formula is C9H19BFN3O4. The number of primary amides is 1. The predicted octanol–water partition coefficient (Wildman–Crippen LogP) is -1.74. The molecule has 0 heterocycles. The fourth-order valence-corrected chi connectivity index (χ4v) is 1.35. The summed E-state index contributed by atoms with van der Waals surface area (Å²) in [5.41, 5.74) is 5.14. The summed E-state index contributed by atoms with van der Waals surface area (Å²) in [7, 11) is 0.0179. The van der Waals surface area contributed by atoms with Crippen molar-refractivity contribution in [3.8, 4) is 0 Å². The van der Waals surface area contributed by atoms with Gasteiger partial charge in [0.2, 0.25) is 11.8 Å². The molecule has 0 aliphatic heterocycles. The molecule has 0 saturated carbocycles. The van der Waals surface area contributed by atoms with Crippen LogP contribution in [0, 0.1) is 0 Å². The van der Waals surface area contributed by atoms with Gasteiger partial charge >= 0.3 is 7.25 Å². The first-order valence-corrected chi connectivity index (χ1v) is 5.58. The summed E-state index contributed by atoms with van der Waals surface area (Å²) in [5, 5.41) is 11.5. The number of halogens is 1. The maximum atomic E-state index is 11.7. The van der Waals surface area contributed by atoms with Gasteiger partial charge in [-0.25, -0.2) is 4.39 Å². The molecule has 0 aliphatic rings. The van der Waals surface area contributed by atoms with Crippen molar-refractivity contribution in [1.82, 2.24) is 10.1 Å². The highest BCUT2D eigenvalue weighted by Gasteiger charge is 2.24. The van der Waals surface area contributed by atoms with E-state index in [1.807, 2.05) is 0 Å². The van der Waals surface area contributed by atoms with Crippen LogP contribution in [0.3, 0.4) is 0 Å². The van der Waals surface area contributed by atoms with E-state index in [2.05, 4.69) is 9.88 Å². The number of nitrogens with two attached hydrogens (primary N) is 1. The number of amides is 2. The van der Waals surface area contributed by atoms with Gasteiger partial charge in [0, 0.05) is 7.05 Å². The zero-order valence-corrected chi connectivity index (χ0v) is 10.6. The van der Waals surface area contributed by atoms with Gasteiger partial charge in [0.25, 0.3) is 0 Å². The van der Waals surface area contributed by atoms with Crippen molar-refractivity contribution in [1.29, 1.82) is 0 Å². The Bertz CT molecular complexity index is 283. The van der Waals surface area contributed by atoms with Crippen molar-refractivity contribution >= 4 is 19.1 Å². The normalized spacial score (nSPS) is 12.0. The molecule has 0 aliphatic carbocycles. The van der Waals surface area contributed by atoms with Crippen molar-refractivity contribution in [3.05, 3.63) is 0 Å². The number of carbonyl (C=O) groups excluding carboxylic acids is 2. The van der Waals surface area contributed by atoms with Crippen molar-refractivity contribution in [3.63, 3.8) is 0 Å². The summed E-state index contributed by atoms with van der Waals surface area (Å²) in [5.74, 6) is -1.02. The van der Waals surface area contributed by atoms with Crippen LogP contribution in [-0.4, -0.2) is 61.9 Å². The van der Waals surface area contributed by atoms with Crippen LogP contribution >= 0.6 is 0 Å². The van der Waals surface area contributed by atoms with Gasteiger partial charge in [-0.3, -0.25) is 14.8 Å². The molecular weight excluding hydrogens is 244 g/mol. The van der Waals surface area contributed by atoms with E-state index in [4.69, 9.17) is 10.8 Å². The third kappa shape index (κ3) is 5.94. The van der Waals surface area contributed by atoms with Crippen molar-refractivity contribution < 1.29 is 23.7 Å². The van der Waals surface area contributed by atoms with E-state index in [-0.39, 0.29) is 13.2 Å². The first kappa shape index (κ1) is 16.8. The maximum absolute atomic E-state index is 11.7. The molecule has 0 aromatic heterocycles. The van der Waals surface area contributed by atoms with Crippen LogP contribution < -0.4 is 11.0 Å². The lowest BCUT2D eigenvalue weighted by Gasteiger charge is -2.24. The van der Waals surface area contributed by atoms with Crippen LogP contribution in [0.5, 0.6) is 0 Å². The van der Waals surface area contributed by atoms with E-state index >= 15 is 0 Å². The molecule has 0 saturated heterocycles. The van der Waals surface area contributed by atoms with Gasteiger partial charge in [-0.1, -0.05) is 6.92 Å². The number of hydrogen-bond acceptors (Lipinski definition) is 5. The second kappa shape index (κ2) is 8.84. The highest BCUT2D eigenvalue weighted by Crippen LogP contribution is 2.00. The van der Waals surface area contributed by atoms with Crippen LogP contribution in [0.25, 0.3) is 0 Å². The van der Waals surface area contributed by atoms with Gasteiger partial charge in [0.05, 0.1) is 13.2 Å². The molecule has 1 atom stereocenters. The Morgan fingerprint density at radius 1 is 1.61 bits per heavy atom. The summed E-state index contributed by atoms with van der Waals surface area (Å²) in [4.78, 5) is 23.9. The summed E-state index contributed by atoms with van der Waals surface area (Å²) in [6, 6.07) is -0.691. The van der Waals surface area contributed by atoms with Crippen LogP contribution in [0.1, 0.15) is 13.3 Å². The van der Waals surface area contributed by atoms with Crippen LogP contribution in [0.2, 0.25) is 0 Å². The molecule has 9 heteroatoms. The molecule has 0 radical (unpaired) electrons. The Morgan fingerprint density at radius 3 is 2.67 bits per heavy atom. The summed E-state index contributed by atoms with van der Waals surface area (Å²) in [6.45, 7) is 0.489. The fraction of sp³-hybridized carbons (Fsp3) is 0.778. The van der Waals surface area contributed by atoms with Gasteiger partial charge in [-0.15, -0.1) is 0 Å². The number of alkyl halides is 1. The molecule has 0 spiro atoms. The topological polar surface area (TPSA) is 105 Å². The predicted molar refractivity (Wildman–Crippen MR) is 63.9 cm³/mol. The van der Waals surface area contributed by atoms with Crippen LogP contribution in [0.4, 0.5) is 4.39 Å². The second-order valence-corrected chi connectivity index (χ2v) is 3.62. The lowest BCUT2D eigenvalue weighted by atomic mass is 10.1. The van der Waals surface area contributed by atoms with E-state index in [1.165, 1.54) is 11.9 Å². The molecule has 0 rings (SSSR count). The summed E-state index contributed by atoms with van der Waals surface area (Å²) in [6.07, 6.45) is 0.401. The van der Waals surface area contributed by atoms with E-state index < -0.39 is 31.8 Å². The SMILES string of the molecule is CC[C@@H](C(N)=O)N(C)C(=O)CNB(O)OCCF. The van der Waals surface area contributed by atoms with Crippen molar-refractivity contribution in [2.75, 3.05) is 26.9 Å². The van der Waals surface area contributed by atoms with Gasteiger partial charge in [-0.2, -0.15) is 0 Å². The minimum absolute atomic E-state index is 0.242. The zero-order valence-electron chi connectivity index (χ0n) is 10.6. The van der Waals surface area contributed by atoms with E-state index in [0.717, 1.165) is 0 Å². The van der Waals surface area contributed by atoms with Crippen molar-refractivity contribution in [2.45, 2.75) is 19.4 Å². The number of likely N-dealkylation sites (N-methyl/N-ethyl adjacent to an activating group) is 1. The minimum Gasteiger partial charge on any atom is -0.413 e. The van der Waals surface area contributed by atoms with Gasteiger partial charge < -0.3 is 20.3 Å². The average molecular weight is 263 g/mol. The van der Waals surface area contributed by atoms with Gasteiger partial charge in [0.1, 0.15) is 12.7 Å². The van der Waals surface area contributed by atoms with E-state index in [9.17, 15) is 14.0 Å². The lowest BCUT2D eigenvalue weighted by Crippen LogP contribution is -2.50. The smallest absolute Gasteiger partial charge is 0.413 e. The largest absolute Gasteiger partial charge is 0.552 e. The Kier molecular flexibility index (Phi) is 8.26. The molecule has 0 fully saturated rings. The minimum atomic E-state index is -1.42. The van der Waals surface area contributed by atoms with E-state index in [0.29, 0.717) is 6.42 Å². The van der Waals surface area contributed by atoms with Gasteiger partial charge in [-0.05, 0) is 6.42 Å². The average Bonchev–Trinajstić information content (AvgIpc) is 2.33.